The zero-order valence-corrected chi connectivity index (χ0v) is 13.7. The van der Waals surface area contributed by atoms with Gasteiger partial charge in [-0.25, -0.2) is 0 Å². The Hall–Kier alpha value is -2.93. The number of allylic oxidation sites excluding steroid dienone is 1. The Kier molecular flexibility index (Phi) is 5.27. The number of hydrogen-bond donors (Lipinski definition) is 0. The number of hydrogen-bond acceptors (Lipinski definition) is 4. The molecule has 118 valence electrons. The zero-order chi connectivity index (χ0) is 16.8. The first-order valence-electron chi connectivity index (χ1n) is 7.11. The highest BCUT2D eigenvalue weighted by molar-refractivity contribution is 5.90. The predicted molar refractivity (Wildman–Crippen MR) is 90.8 cm³/mol. The van der Waals surface area contributed by atoms with Crippen molar-refractivity contribution in [2.24, 2.45) is 0 Å². The highest BCUT2D eigenvalue weighted by Crippen LogP contribution is 2.39. The van der Waals surface area contributed by atoms with E-state index in [0.29, 0.717) is 22.8 Å². The van der Waals surface area contributed by atoms with Crippen LogP contribution >= 0.6 is 0 Å². The van der Waals surface area contributed by atoms with Crippen molar-refractivity contribution in [1.82, 2.24) is 0 Å². The van der Waals surface area contributed by atoms with Crippen LogP contribution in [0, 0.1) is 18.3 Å². The van der Waals surface area contributed by atoms with Crippen LogP contribution in [0.25, 0.3) is 11.6 Å². The van der Waals surface area contributed by atoms with Crippen molar-refractivity contribution >= 4 is 11.6 Å². The smallest absolute Gasteiger partial charge is 0.203 e. The van der Waals surface area contributed by atoms with E-state index in [4.69, 9.17) is 14.2 Å². The highest BCUT2D eigenvalue weighted by atomic mass is 16.5. The minimum Gasteiger partial charge on any atom is -0.493 e. The summed E-state index contributed by atoms with van der Waals surface area (Å²) in [6.07, 6.45) is 1.80. The molecule has 0 fully saturated rings. The van der Waals surface area contributed by atoms with Crippen LogP contribution in [0.1, 0.15) is 16.7 Å². The van der Waals surface area contributed by atoms with Gasteiger partial charge < -0.3 is 14.2 Å². The number of rotatable bonds is 5. The standard InChI is InChI=1S/C19H19NO3/c1-13-5-7-15(8-6-13)16(12-20)9-14-10-17(21-2)19(23-4)18(11-14)22-3/h5-11H,1-4H3/b16-9-. The lowest BCUT2D eigenvalue weighted by Crippen LogP contribution is -1.95. The molecule has 0 atom stereocenters. The van der Waals surface area contributed by atoms with Crippen molar-refractivity contribution in [2.45, 2.75) is 6.92 Å². The summed E-state index contributed by atoms with van der Waals surface area (Å²) < 4.78 is 16.0. The Bertz CT molecular complexity index is 730. The van der Waals surface area contributed by atoms with Gasteiger partial charge in [0, 0.05) is 0 Å². The first kappa shape index (κ1) is 16.4. The van der Waals surface area contributed by atoms with E-state index in [1.54, 1.807) is 27.4 Å². The van der Waals surface area contributed by atoms with Gasteiger partial charge in [-0.15, -0.1) is 0 Å². The van der Waals surface area contributed by atoms with E-state index in [2.05, 4.69) is 6.07 Å². The van der Waals surface area contributed by atoms with E-state index in [0.717, 1.165) is 16.7 Å². The first-order chi connectivity index (χ1) is 11.1. The van der Waals surface area contributed by atoms with E-state index >= 15 is 0 Å². The van der Waals surface area contributed by atoms with Gasteiger partial charge in [-0.2, -0.15) is 5.26 Å². The van der Waals surface area contributed by atoms with Gasteiger partial charge >= 0.3 is 0 Å². The lowest BCUT2D eigenvalue weighted by Gasteiger charge is -2.13. The molecule has 0 unspecified atom stereocenters. The van der Waals surface area contributed by atoms with Gasteiger partial charge in [-0.1, -0.05) is 29.8 Å². The molecule has 0 amide bonds. The second-order valence-corrected chi connectivity index (χ2v) is 4.99. The second-order valence-electron chi connectivity index (χ2n) is 4.99. The molecule has 0 spiro atoms. The number of benzene rings is 2. The largest absolute Gasteiger partial charge is 0.493 e. The van der Waals surface area contributed by atoms with Crippen LogP contribution in [-0.2, 0) is 0 Å². The molecule has 0 aliphatic rings. The molecule has 0 saturated carbocycles. The van der Waals surface area contributed by atoms with Crippen LogP contribution in [0.3, 0.4) is 0 Å². The van der Waals surface area contributed by atoms with Crippen LogP contribution in [0.4, 0.5) is 0 Å². The summed E-state index contributed by atoms with van der Waals surface area (Å²) in [7, 11) is 4.69. The summed E-state index contributed by atoms with van der Waals surface area (Å²) in [5.41, 5.74) is 3.39. The number of ether oxygens (including phenoxy) is 3. The fourth-order valence-electron chi connectivity index (χ4n) is 2.26. The molecule has 0 radical (unpaired) electrons. The third kappa shape index (κ3) is 3.64. The van der Waals surface area contributed by atoms with Crippen molar-refractivity contribution in [2.75, 3.05) is 21.3 Å². The normalized spacial score (nSPS) is 10.8. The topological polar surface area (TPSA) is 51.5 Å². The summed E-state index contributed by atoms with van der Waals surface area (Å²) in [6, 6.07) is 13.7. The van der Waals surface area contributed by atoms with Crippen LogP contribution in [-0.4, -0.2) is 21.3 Å². The summed E-state index contributed by atoms with van der Waals surface area (Å²) in [4.78, 5) is 0. The number of nitrogens with zero attached hydrogens (tertiary/aromatic N) is 1. The molecule has 0 aliphatic heterocycles. The Morgan fingerprint density at radius 3 is 1.96 bits per heavy atom. The van der Waals surface area contributed by atoms with Gasteiger partial charge in [-0.3, -0.25) is 0 Å². The van der Waals surface area contributed by atoms with Gasteiger partial charge in [0.1, 0.15) is 0 Å². The molecule has 0 heterocycles. The molecular formula is C19H19NO3. The predicted octanol–water partition coefficient (Wildman–Crippen LogP) is 4.09. The first-order valence-corrected chi connectivity index (χ1v) is 7.11. The Morgan fingerprint density at radius 1 is 0.957 bits per heavy atom. The van der Waals surface area contributed by atoms with E-state index in [1.807, 2.05) is 43.3 Å². The third-order valence-electron chi connectivity index (χ3n) is 3.48. The molecule has 0 N–H and O–H groups in total. The average Bonchev–Trinajstić information content (AvgIpc) is 2.59. The molecule has 0 saturated heterocycles. The van der Waals surface area contributed by atoms with Gasteiger partial charge in [0.2, 0.25) is 5.75 Å². The number of methoxy groups -OCH3 is 3. The highest BCUT2D eigenvalue weighted by Gasteiger charge is 2.13. The fraction of sp³-hybridized carbons (Fsp3) is 0.211. The van der Waals surface area contributed by atoms with Crippen molar-refractivity contribution in [3.05, 3.63) is 53.1 Å². The van der Waals surface area contributed by atoms with E-state index in [9.17, 15) is 5.26 Å². The number of nitriles is 1. The Labute approximate surface area is 136 Å². The monoisotopic (exact) mass is 309 g/mol. The van der Waals surface area contributed by atoms with Crippen molar-refractivity contribution < 1.29 is 14.2 Å². The van der Waals surface area contributed by atoms with Crippen LogP contribution in [0.15, 0.2) is 36.4 Å². The Morgan fingerprint density at radius 2 is 1.52 bits per heavy atom. The Balaban J connectivity index is 2.52. The molecule has 2 rings (SSSR count). The molecule has 4 heteroatoms. The molecule has 0 aliphatic carbocycles. The lowest BCUT2D eigenvalue weighted by atomic mass is 10.0. The molecule has 4 nitrogen and oxygen atoms in total. The minimum absolute atomic E-state index is 0.529. The molecular weight excluding hydrogens is 290 g/mol. The quantitative estimate of drug-likeness (QED) is 0.617. The fourth-order valence-corrected chi connectivity index (χ4v) is 2.26. The molecule has 2 aromatic carbocycles. The maximum Gasteiger partial charge on any atom is 0.203 e. The summed E-state index contributed by atoms with van der Waals surface area (Å²) in [5, 5.41) is 9.46. The summed E-state index contributed by atoms with van der Waals surface area (Å²) in [5.74, 6) is 1.64. The van der Waals surface area contributed by atoms with Gasteiger partial charge in [-0.05, 0) is 36.3 Å². The summed E-state index contributed by atoms with van der Waals surface area (Å²) in [6.45, 7) is 2.01. The third-order valence-corrected chi connectivity index (χ3v) is 3.48. The van der Waals surface area contributed by atoms with E-state index in [-0.39, 0.29) is 0 Å². The van der Waals surface area contributed by atoms with Gasteiger partial charge in [0.15, 0.2) is 11.5 Å². The maximum atomic E-state index is 9.46. The second kappa shape index (κ2) is 7.37. The van der Waals surface area contributed by atoms with E-state index in [1.165, 1.54) is 0 Å². The van der Waals surface area contributed by atoms with Crippen molar-refractivity contribution in [1.29, 1.82) is 5.26 Å². The van der Waals surface area contributed by atoms with Crippen LogP contribution in [0.5, 0.6) is 17.2 Å². The average molecular weight is 309 g/mol. The van der Waals surface area contributed by atoms with Crippen LogP contribution in [0.2, 0.25) is 0 Å². The molecule has 0 aromatic heterocycles. The lowest BCUT2D eigenvalue weighted by molar-refractivity contribution is 0.324. The SMILES string of the molecule is COc1cc(/C=C(/C#N)c2ccc(C)cc2)cc(OC)c1OC. The minimum atomic E-state index is 0.529. The summed E-state index contributed by atoms with van der Waals surface area (Å²) >= 11 is 0. The van der Waals surface area contributed by atoms with Gasteiger partial charge in [0.05, 0.1) is 33.0 Å². The maximum absolute atomic E-state index is 9.46. The zero-order valence-electron chi connectivity index (χ0n) is 13.7. The van der Waals surface area contributed by atoms with Crippen LogP contribution < -0.4 is 14.2 Å². The van der Waals surface area contributed by atoms with E-state index < -0.39 is 0 Å². The van der Waals surface area contributed by atoms with Gasteiger partial charge in [0.25, 0.3) is 0 Å². The molecule has 2 aromatic rings. The molecule has 23 heavy (non-hydrogen) atoms. The number of aryl methyl sites for hydroxylation is 1. The van der Waals surface area contributed by atoms with Crippen molar-refractivity contribution in [3.8, 4) is 23.3 Å². The molecule has 0 bridgehead atoms. The van der Waals surface area contributed by atoms with Crippen molar-refractivity contribution in [3.63, 3.8) is 0 Å².